The molecule has 0 spiro atoms. The minimum Gasteiger partial charge on any atom is -0.344 e. The number of carbonyl (C=O) groups is 2. The Labute approximate surface area is 196 Å². The SMILES string of the molecule is Cc1cc(C)c(NC(=O)CN(C)[C@@H](C)C(=O)NC(c2ccccc2)c2ccccc2)c(C)c1. The predicted octanol–water partition coefficient (Wildman–Crippen LogP) is 4.78. The lowest BCUT2D eigenvalue weighted by atomic mass is 9.98. The van der Waals surface area contributed by atoms with Gasteiger partial charge in [0.1, 0.15) is 0 Å². The van der Waals surface area contributed by atoms with Crippen molar-refractivity contribution in [2.75, 3.05) is 18.9 Å². The molecule has 33 heavy (non-hydrogen) atoms. The molecule has 3 aromatic rings. The number of aryl methyl sites for hydroxylation is 3. The van der Waals surface area contributed by atoms with Gasteiger partial charge in [-0.3, -0.25) is 14.5 Å². The van der Waals surface area contributed by atoms with Gasteiger partial charge in [-0.1, -0.05) is 78.4 Å². The van der Waals surface area contributed by atoms with Gasteiger partial charge in [0.25, 0.3) is 0 Å². The number of benzene rings is 3. The van der Waals surface area contributed by atoms with E-state index in [1.54, 1.807) is 11.9 Å². The van der Waals surface area contributed by atoms with E-state index in [1.807, 2.05) is 88.4 Å². The van der Waals surface area contributed by atoms with Gasteiger partial charge in [-0.25, -0.2) is 0 Å². The van der Waals surface area contributed by atoms with Crippen molar-refractivity contribution < 1.29 is 9.59 Å². The van der Waals surface area contributed by atoms with E-state index < -0.39 is 6.04 Å². The van der Waals surface area contributed by atoms with Crippen molar-refractivity contribution >= 4 is 17.5 Å². The van der Waals surface area contributed by atoms with E-state index >= 15 is 0 Å². The zero-order valence-corrected chi connectivity index (χ0v) is 20.1. The van der Waals surface area contributed by atoms with Crippen LogP contribution in [-0.2, 0) is 9.59 Å². The highest BCUT2D eigenvalue weighted by Crippen LogP contribution is 2.23. The molecule has 0 unspecified atom stereocenters. The van der Waals surface area contributed by atoms with Crippen LogP contribution in [0.25, 0.3) is 0 Å². The van der Waals surface area contributed by atoms with Crippen LogP contribution in [0.5, 0.6) is 0 Å². The molecule has 1 atom stereocenters. The Morgan fingerprint density at radius 3 is 1.82 bits per heavy atom. The number of carbonyl (C=O) groups excluding carboxylic acids is 2. The Balaban J connectivity index is 1.67. The topological polar surface area (TPSA) is 61.4 Å². The molecule has 0 aliphatic rings. The maximum atomic E-state index is 13.1. The van der Waals surface area contributed by atoms with Crippen molar-refractivity contribution in [1.29, 1.82) is 0 Å². The van der Waals surface area contributed by atoms with Crippen LogP contribution in [0.4, 0.5) is 5.69 Å². The van der Waals surface area contributed by atoms with Crippen molar-refractivity contribution in [3.05, 3.63) is 101 Å². The summed E-state index contributed by atoms with van der Waals surface area (Å²) in [5.74, 6) is -0.277. The second-order valence-corrected chi connectivity index (χ2v) is 8.68. The van der Waals surface area contributed by atoms with Gasteiger partial charge in [-0.2, -0.15) is 0 Å². The molecule has 0 aromatic heterocycles. The summed E-state index contributed by atoms with van der Waals surface area (Å²) in [6.07, 6.45) is 0. The van der Waals surface area contributed by atoms with Crippen LogP contribution in [0.3, 0.4) is 0 Å². The summed E-state index contributed by atoms with van der Waals surface area (Å²) in [6.45, 7) is 7.95. The van der Waals surface area contributed by atoms with Crippen LogP contribution >= 0.6 is 0 Å². The van der Waals surface area contributed by atoms with Crippen LogP contribution < -0.4 is 10.6 Å². The van der Waals surface area contributed by atoms with Crippen molar-refractivity contribution in [3.8, 4) is 0 Å². The highest BCUT2D eigenvalue weighted by Gasteiger charge is 2.24. The fourth-order valence-corrected chi connectivity index (χ4v) is 4.03. The Bertz CT molecular complexity index is 1030. The monoisotopic (exact) mass is 443 g/mol. The summed E-state index contributed by atoms with van der Waals surface area (Å²) in [6, 6.07) is 23.2. The molecule has 0 aliphatic heterocycles. The van der Waals surface area contributed by atoms with Crippen LogP contribution in [0.2, 0.25) is 0 Å². The minimum absolute atomic E-state index is 0.114. The number of nitrogens with zero attached hydrogens (tertiary/aromatic N) is 1. The van der Waals surface area contributed by atoms with Gasteiger partial charge in [-0.15, -0.1) is 0 Å². The van der Waals surface area contributed by atoms with Gasteiger partial charge in [-0.05, 0) is 57.0 Å². The normalized spacial score (nSPS) is 12.0. The summed E-state index contributed by atoms with van der Waals surface area (Å²) in [4.78, 5) is 27.6. The number of anilines is 1. The van der Waals surface area contributed by atoms with Gasteiger partial charge < -0.3 is 10.6 Å². The zero-order valence-electron chi connectivity index (χ0n) is 20.1. The Hall–Kier alpha value is -3.44. The average molecular weight is 444 g/mol. The van der Waals surface area contributed by atoms with E-state index in [9.17, 15) is 9.59 Å². The van der Waals surface area contributed by atoms with Crippen LogP contribution in [0.15, 0.2) is 72.8 Å². The third-order valence-electron chi connectivity index (χ3n) is 5.93. The summed E-state index contributed by atoms with van der Waals surface area (Å²) < 4.78 is 0. The first-order chi connectivity index (χ1) is 15.8. The molecule has 172 valence electrons. The standard InChI is InChI=1S/C28H33N3O2/c1-19-16-20(2)26(21(3)17-19)29-25(32)18-31(5)22(4)28(33)30-27(23-12-8-6-9-13-23)24-14-10-7-11-15-24/h6-17,22,27H,18H2,1-5H3,(H,29,32)(H,30,33)/t22-/m0/s1. The van der Waals surface area contributed by atoms with E-state index in [2.05, 4.69) is 22.8 Å². The summed E-state index contributed by atoms with van der Waals surface area (Å²) >= 11 is 0. The molecule has 2 amide bonds. The molecule has 2 N–H and O–H groups in total. The Morgan fingerprint density at radius 1 is 0.848 bits per heavy atom. The molecule has 0 heterocycles. The Kier molecular flexibility index (Phi) is 8.01. The maximum absolute atomic E-state index is 13.1. The molecule has 0 fully saturated rings. The highest BCUT2D eigenvalue weighted by atomic mass is 16.2. The lowest BCUT2D eigenvalue weighted by molar-refractivity contribution is -0.127. The third kappa shape index (κ3) is 6.30. The quantitative estimate of drug-likeness (QED) is 0.527. The number of likely N-dealkylation sites (N-methyl/N-ethyl adjacent to an activating group) is 1. The van der Waals surface area contributed by atoms with E-state index in [1.165, 1.54) is 0 Å². The van der Waals surface area contributed by atoms with E-state index in [0.29, 0.717) is 0 Å². The van der Waals surface area contributed by atoms with Crippen LogP contribution in [0.1, 0.15) is 40.8 Å². The molecular formula is C28H33N3O2. The van der Waals surface area contributed by atoms with E-state index in [0.717, 1.165) is 33.5 Å². The summed E-state index contributed by atoms with van der Waals surface area (Å²) in [5.41, 5.74) is 6.08. The number of amides is 2. The van der Waals surface area contributed by atoms with E-state index in [-0.39, 0.29) is 24.4 Å². The van der Waals surface area contributed by atoms with Gasteiger partial charge in [0.05, 0.1) is 18.6 Å². The molecule has 0 bridgehead atoms. The van der Waals surface area contributed by atoms with Gasteiger partial charge in [0.2, 0.25) is 11.8 Å². The molecule has 5 nitrogen and oxygen atoms in total. The lowest BCUT2D eigenvalue weighted by Gasteiger charge is -2.27. The molecule has 5 heteroatoms. The molecule has 3 aromatic carbocycles. The van der Waals surface area contributed by atoms with Crippen LogP contribution in [-0.4, -0.2) is 36.3 Å². The zero-order chi connectivity index (χ0) is 24.0. The second kappa shape index (κ2) is 10.9. The van der Waals surface area contributed by atoms with Gasteiger partial charge in [0.15, 0.2) is 0 Å². The van der Waals surface area contributed by atoms with Gasteiger partial charge >= 0.3 is 0 Å². The lowest BCUT2D eigenvalue weighted by Crippen LogP contribution is -2.47. The van der Waals surface area contributed by atoms with Crippen molar-refractivity contribution in [2.24, 2.45) is 0 Å². The summed E-state index contributed by atoms with van der Waals surface area (Å²) in [5, 5.41) is 6.18. The maximum Gasteiger partial charge on any atom is 0.238 e. The first-order valence-electron chi connectivity index (χ1n) is 11.2. The predicted molar refractivity (Wildman–Crippen MR) is 134 cm³/mol. The number of rotatable bonds is 8. The van der Waals surface area contributed by atoms with Crippen molar-refractivity contribution in [1.82, 2.24) is 10.2 Å². The molecule has 3 rings (SSSR count). The number of hydrogen-bond acceptors (Lipinski definition) is 3. The molecule has 0 aliphatic carbocycles. The highest BCUT2D eigenvalue weighted by molar-refractivity contribution is 5.94. The van der Waals surface area contributed by atoms with Gasteiger partial charge in [0, 0.05) is 5.69 Å². The largest absolute Gasteiger partial charge is 0.344 e. The first-order valence-corrected chi connectivity index (χ1v) is 11.2. The average Bonchev–Trinajstić information content (AvgIpc) is 2.80. The second-order valence-electron chi connectivity index (χ2n) is 8.68. The molecular weight excluding hydrogens is 410 g/mol. The van der Waals surface area contributed by atoms with Crippen molar-refractivity contribution in [3.63, 3.8) is 0 Å². The van der Waals surface area contributed by atoms with Crippen LogP contribution in [0, 0.1) is 20.8 Å². The fraction of sp³-hybridized carbons (Fsp3) is 0.286. The number of hydrogen-bond donors (Lipinski definition) is 2. The van der Waals surface area contributed by atoms with E-state index in [4.69, 9.17) is 0 Å². The molecule has 0 radical (unpaired) electrons. The smallest absolute Gasteiger partial charge is 0.238 e. The third-order valence-corrected chi connectivity index (χ3v) is 5.93. The fourth-order valence-electron chi connectivity index (χ4n) is 4.03. The van der Waals surface area contributed by atoms with Crippen molar-refractivity contribution in [2.45, 2.75) is 39.8 Å². The Morgan fingerprint density at radius 2 is 1.33 bits per heavy atom. The molecule has 0 saturated carbocycles. The summed E-state index contributed by atoms with van der Waals surface area (Å²) in [7, 11) is 1.79. The molecule has 0 saturated heterocycles. The number of nitrogens with one attached hydrogen (secondary N) is 2. The first kappa shape index (κ1) is 24.2. The minimum atomic E-state index is -0.481.